The Balaban J connectivity index is 1.79. The van der Waals surface area contributed by atoms with E-state index in [1.807, 2.05) is 16.7 Å². The van der Waals surface area contributed by atoms with E-state index in [9.17, 15) is 22.8 Å². The molecule has 6 nitrogen and oxygen atoms in total. The smallest absolute Gasteiger partial charge is 0.368 e. The van der Waals surface area contributed by atoms with E-state index in [1.54, 1.807) is 6.07 Å². The summed E-state index contributed by atoms with van der Waals surface area (Å²) in [6, 6.07) is 5.26. The third-order valence-electron chi connectivity index (χ3n) is 4.65. The molecule has 2 heterocycles. The molecule has 0 spiro atoms. The minimum absolute atomic E-state index is 0.393. The number of aromatic nitrogens is 2. The van der Waals surface area contributed by atoms with Gasteiger partial charge < -0.3 is 9.80 Å². The first-order valence-electron chi connectivity index (χ1n) is 8.82. The van der Waals surface area contributed by atoms with Crippen LogP contribution in [0.4, 0.5) is 24.7 Å². The molecule has 1 aromatic carbocycles. The number of nitrogens with one attached hydrogen (secondary N) is 2. The zero-order valence-electron chi connectivity index (χ0n) is 14.9. The SMILES string of the molecule is CCCc1c(N2CCN(c3cccc(C(F)(F)F)c3)CC2)[nH]c(=O)[nH]c1=O. The van der Waals surface area contributed by atoms with Crippen molar-refractivity contribution in [2.75, 3.05) is 36.0 Å². The molecule has 0 bridgehead atoms. The molecule has 9 heteroatoms. The minimum atomic E-state index is -4.38. The lowest BCUT2D eigenvalue weighted by Gasteiger charge is -2.37. The summed E-state index contributed by atoms with van der Waals surface area (Å²) in [6.45, 7) is 3.90. The van der Waals surface area contributed by atoms with E-state index in [0.29, 0.717) is 49.7 Å². The largest absolute Gasteiger partial charge is 0.416 e. The average molecular weight is 382 g/mol. The quantitative estimate of drug-likeness (QED) is 0.852. The Morgan fingerprint density at radius 3 is 2.33 bits per heavy atom. The first-order chi connectivity index (χ1) is 12.8. The van der Waals surface area contributed by atoms with Crippen LogP contribution in [0.15, 0.2) is 33.9 Å². The van der Waals surface area contributed by atoms with Crippen molar-refractivity contribution in [1.29, 1.82) is 0 Å². The Labute approximate surface area is 153 Å². The number of anilines is 2. The molecule has 1 fully saturated rings. The molecule has 0 amide bonds. The Kier molecular flexibility index (Phi) is 5.29. The van der Waals surface area contributed by atoms with Crippen molar-refractivity contribution in [3.8, 4) is 0 Å². The van der Waals surface area contributed by atoms with E-state index in [2.05, 4.69) is 9.97 Å². The maximum atomic E-state index is 12.9. The summed E-state index contributed by atoms with van der Waals surface area (Å²) in [4.78, 5) is 32.5. The van der Waals surface area contributed by atoms with Crippen LogP contribution in [0.5, 0.6) is 0 Å². The molecule has 0 unspecified atom stereocenters. The molecule has 1 saturated heterocycles. The second-order valence-electron chi connectivity index (χ2n) is 6.51. The highest BCUT2D eigenvalue weighted by Crippen LogP contribution is 2.32. The summed E-state index contributed by atoms with van der Waals surface area (Å²) in [5.74, 6) is 0.509. The number of H-pyrrole nitrogens is 2. The molecule has 0 aliphatic carbocycles. The predicted molar refractivity (Wildman–Crippen MR) is 97.5 cm³/mol. The molecule has 1 aliphatic rings. The second-order valence-corrected chi connectivity index (χ2v) is 6.51. The Bertz CT molecular complexity index is 912. The van der Waals surface area contributed by atoms with Gasteiger partial charge in [0.15, 0.2) is 0 Å². The Hall–Kier alpha value is -2.71. The molecule has 2 N–H and O–H groups in total. The van der Waals surface area contributed by atoms with Crippen LogP contribution in [0.2, 0.25) is 0 Å². The third kappa shape index (κ3) is 4.17. The molecule has 1 aliphatic heterocycles. The zero-order valence-corrected chi connectivity index (χ0v) is 14.9. The number of rotatable bonds is 4. The van der Waals surface area contributed by atoms with Crippen molar-refractivity contribution in [2.45, 2.75) is 25.9 Å². The van der Waals surface area contributed by atoms with Crippen LogP contribution in [0.25, 0.3) is 0 Å². The van der Waals surface area contributed by atoms with Gasteiger partial charge in [-0.15, -0.1) is 0 Å². The first kappa shape index (κ1) is 19.1. The van der Waals surface area contributed by atoms with Crippen molar-refractivity contribution in [1.82, 2.24) is 9.97 Å². The van der Waals surface area contributed by atoms with Crippen LogP contribution in [-0.2, 0) is 12.6 Å². The third-order valence-corrected chi connectivity index (χ3v) is 4.65. The summed E-state index contributed by atoms with van der Waals surface area (Å²) >= 11 is 0. The molecule has 2 aromatic rings. The van der Waals surface area contributed by atoms with Crippen LogP contribution in [-0.4, -0.2) is 36.1 Å². The number of alkyl halides is 3. The highest BCUT2D eigenvalue weighted by Gasteiger charge is 2.31. The van der Waals surface area contributed by atoms with Crippen LogP contribution in [0.3, 0.4) is 0 Å². The summed E-state index contributed by atoms with van der Waals surface area (Å²) in [5.41, 5.74) is -0.583. The van der Waals surface area contributed by atoms with Gasteiger partial charge in [-0.25, -0.2) is 4.79 Å². The van der Waals surface area contributed by atoms with E-state index < -0.39 is 23.0 Å². The van der Waals surface area contributed by atoms with Crippen molar-refractivity contribution < 1.29 is 13.2 Å². The molecule has 0 radical (unpaired) electrons. The van der Waals surface area contributed by atoms with E-state index in [4.69, 9.17) is 0 Å². The highest BCUT2D eigenvalue weighted by molar-refractivity contribution is 5.53. The number of piperazine rings is 1. The monoisotopic (exact) mass is 382 g/mol. The van der Waals surface area contributed by atoms with Crippen LogP contribution in [0.1, 0.15) is 24.5 Å². The number of halogens is 3. The maximum Gasteiger partial charge on any atom is 0.416 e. The van der Waals surface area contributed by atoms with E-state index >= 15 is 0 Å². The van der Waals surface area contributed by atoms with E-state index in [1.165, 1.54) is 6.07 Å². The fraction of sp³-hybridized carbons (Fsp3) is 0.444. The number of hydrogen-bond acceptors (Lipinski definition) is 4. The van der Waals surface area contributed by atoms with Crippen LogP contribution >= 0.6 is 0 Å². The van der Waals surface area contributed by atoms with Crippen molar-refractivity contribution in [3.05, 3.63) is 56.2 Å². The molecule has 3 rings (SSSR count). The van der Waals surface area contributed by atoms with Crippen molar-refractivity contribution >= 4 is 11.5 Å². The van der Waals surface area contributed by atoms with Gasteiger partial charge in [0, 0.05) is 31.9 Å². The van der Waals surface area contributed by atoms with Gasteiger partial charge in [-0.1, -0.05) is 19.4 Å². The molecule has 146 valence electrons. The maximum absolute atomic E-state index is 12.9. The lowest BCUT2D eigenvalue weighted by atomic mass is 10.1. The van der Waals surface area contributed by atoms with Gasteiger partial charge in [0.2, 0.25) is 0 Å². The van der Waals surface area contributed by atoms with Gasteiger partial charge in [0.1, 0.15) is 5.82 Å². The number of nitrogens with zero attached hydrogens (tertiary/aromatic N) is 2. The van der Waals surface area contributed by atoms with Crippen LogP contribution in [0, 0.1) is 0 Å². The molecular formula is C18H21F3N4O2. The molecule has 0 saturated carbocycles. The van der Waals surface area contributed by atoms with Gasteiger partial charge in [0.25, 0.3) is 5.56 Å². The van der Waals surface area contributed by atoms with Crippen LogP contribution < -0.4 is 21.0 Å². The Morgan fingerprint density at radius 1 is 1.04 bits per heavy atom. The van der Waals surface area contributed by atoms with Gasteiger partial charge >= 0.3 is 11.9 Å². The Morgan fingerprint density at radius 2 is 1.70 bits per heavy atom. The predicted octanol–water partition coefficient (Wildman–Crippen LogP) is 2.36. The summed E-state index contributed by atoms with van der Waals surface area (Å²) in [6.07, 6.45) is -3.08. The minimum Gasteiger partial charge on any atom is -0.368 e. The lowest BCUT2D eigenvalue weighted by molar-refractivity contribution is -0.137. The molecule has 27 heavy (non-hydrogen) atoms. The lowest BCUT2D eigenvalue weighted by Crippen LogP contribution is -2.48. The van der Waals surface area contributed by atoms with E-state index in [-0.39, 0.29) is 0 Å². The topological polar surface area (TPSA) is 72.2 Å². The number of benzene rings is 1. The summed E-state index contributed by atoms with van der Waals surface area (Å²) in [5, 5.41) is 0. The summed E-state index contributed by atoms with van der Waals surface area (Å²) in [7, 11) is 0. The molecular weight excluding hydrogens is 361 g/mol. The molecule has 0 atom stereocenters. The molecule has 1 aromatic heterocycles. The van der Waals surface area contributed by atoms with Crippen molar-refractivity contribution in [2.24, 2.45) is 0 Å². The average Bonchev–Trinajstić information content (AvgIpc) is 2.63. The van der Waals surface area contributed by atoms with Gasteiger partial charge in [-0.3, -0.25) is 14.8 Å². The van der Waals surface area contributed by atoms with E-state index in [0.717, 1.165) is 18.6 Å². The normalized spacial score (nSPS) is 15.3. The summed E-state index contributed by atoms with van der Waals surface area (Å²) < 4.78 is 38.8. The highest BCUT2D eigenvalue weighted by atomic mass is 19.4. The fourth-order valence-corrected chi connectivity index (χ4v) is 3.32. The second kappa shape index (κ2) is 7.50. The number of hydrogen-bond donors (Lipinski definition) is 2. The number of aromatic amines is 2. The first-order valence-corrected chi connectivity index (χ1v) is 8.82. The fourth-order valence-electron chi connectivity index (χ4n) is 3.32. The van der Waals surface area contributed by atoms with Crippen molar-refractivity contribution in [3.63, 3.8) is 0 Å². The van der Waals surface area contributed by atoms with Gasteiger partial charge in [-0.2, -0.15) is 13.2 Å². The standard InChI is InChI=1S/C18H21F3N4O2/c1-2-4-14-15(22-17(27)23-16(14)26)25-9-7-24(8-10-25)13-6-3-5-12(11-13)18(19,20)21/h3,5-6,11H,2,4,7-10H2,1H3,(H2,22,23,26,27). The van der Waals surface area contributed by atoms with Gasteiger partial charge in [0.05, 0.1) is 11.1 Å². The zero-order chi connectivity index (χ0) is 19.6. The van der Waals surface area contributed by atoms with Gasteiger partial charge in [-0.05, 0) is 24.6 Å².